The molecule has 1 N–H and O–H groups in total. The van der Waals surface area contributed by atoms with Gasteiger partial charge in [0.05, 0.1) is 0 Å². The van der Waals surface area contributed by atoms with E-state index in [0.717, 1.165) is 30.8 Å². The fourth-order valence-electron chi connectivity index (χ4n) is 2.73. The van der Waals surface area contributed by atoms with Crippen molar-refractivity contribution in [2.45, 2.75) is 57.9 Å². The van der Waals surface area contributed by atoms with E-state index in [-0.39, 0.29) is 5.41 Å². The van der Waals surface area contributed by atoms with Crippen LogP contribution in [0.2, 0.25) is 5.15 Å². The minimum Gasteiger partial charge on any atom is -0.369 e. The van der Waals surface area contributed by atoms with Gasteiger partial charge in [-0.3, -0.25) is 0 Å². The van der Waals surface area contributed by atoms with E-state index in [4.69, 9.17) is 11.6 Å². The zero-order chi connectivity index (χ0) is 15.5. The number of hydrogen-bond acceptors (Lipinski definition) is 4. The first-order valence-corrected chi connectivity index (χ1v) is 8.23. The number of hydrogen-bond donors (Lipinski definition) is 1. The summed E-state index contributed by atoms with van der Waals surface area (Å²) in [6, 6.07) is 2.55. The lowest BCUT2D eigenvalue weighted by Gasteiger charge is -2.24. The third kappa shape index (κ3) is 4.82. The van der Waals surface area contributed by atoms with Gasteiger partial charge >= 0.3 is 0 Å². The molecule has 1 aromatic heterocycles. The van der Waals surface area contributed by atoms with Crippen molar-refractivity contribution in [2.75, 3.05) is 25.5 Å². The van der Waals surface area contributed by atoms with Gasteiger partial charge in [0.2, 0.25) is 0 Å². The summed E-state index contributed by atoms with van der Waals surface area (Å²) in [7, 11) is 2.21. The number of aromatic nitrogens is 2. The Labute approximate surface area is 133 Å². The van der Waals surface area contributed by atoms with E-state index in [1.54, 1.807) is 6.07 Å². The normalized spacial score (nSPS) is 16.7. The first kappa shape index (κ1) is 16.5. The van der Waals surface area contributed by atoms with E-state index < -0.39 is 0 Å². The van der Waals surface area contributed by atoms with Gasteiger partial charge in [0.1, 0.15) is 16.8 Å². The van der Waals surface area contributed by atoms with Gasteiger partial charge in [-0.25, -0.2) is 9.97 Å². The predicted octanol–water partition coefficient (Wildman–Crippen LogP) is 3.71. The molecule has 0 spiro atoms. The van der Waals surface area contributed by atoms with Crippen LogP contribution < -0.4 is 5.32 Å². The van der Waals surface area contributed by atoms with Crippen molar-refractivity contribution in [3.8, 4) is 0 Å². The Morgan fingerprint density at radius 1 is 1.29 bits per heavy atom. The van der Waals surface area contributed by atoms with Crippen molar-refractivity contribution < 1.29 is 0 Å². The highest BCUT2D eigenvalue weighted by atomic mass is 35.5. The largest absolute Gasteiger partial charge is 0.369 e. The number of rotatable bonds is 5. The lowest BCUT2D eigenvalue weighted by atomic mass is 9.96. The highest BCUT2D eigenvalue weighted by Crippen LogP contribution is 2.23. The van der Waals surface area contributed by atoms with Crippen LogP contribution in [0.4, 0.5) is 5.82 Å². The predicted molar refractivity (Wildman–Crippen MR) is 89.1 cm³/mol. The Balaban J connectivity index is 1.89. The van der Waals surface area contributed by atoms with Gasteiger partial charge in [-0.15, -0.1) is 0 Å². The molecule has 1 fully saturated rings. The molecular weight excluding hydrogens is 284 g/mol. The van der Waals surface area contributed by atoms with Gasteiger partial charge in [0.25, 0.3) is 0 Å². The Bertz CT molecular complexity index is 464. The van der Waals surface area contributed by atoms with Gasteiger partial charge < -0.3 is 10.2 Å². The third-order valence-electron chi connectivity index (χ3n) is 4.08. The summed E-state index contributed by atoms with van der Waals surface area (Å²) in [6.07, 6.45) is 5.42. The van der Waals surface area contributed by atoms with Crippen molar-refractivity contribution >= 4 is 17.4 Å². The summed E-state index contributed by atoms with van der Waals surface area (Å²) < 4.78 is 0. The van der Waals surface area contributed by atoms with E-state index in [1.165, 1.54) is 25.7 Å². The summed E-state index contributed by atoms with van der Waals surface area (Å²) in [5.41, 5.74) is -0.0953. The lowest BCUT2D eigenvalue weighted by molar-refractivity contribution is 0.254. The first-order valence-electron chi connectivity index (χ1n) is 7.85. The molecule has 0 atom stereocenters. The second kappa shape index (κ2) is 6.93. The molecule has 0 aromatic carbocycles. The molecule has 1 aliphatic rings. The highest BCUT2D eigenvalue weighted by molar-refractivity contribution is 6.29. The molecule has 2 rings (SSSR count). The lowest BCUT2D eigenvalue weighted by Crippen LogP contribution is -2.33. The number of anilines is 1. The fourth-order valence-corrected chi connectivity index (χ4v) is 2.91. The molecule has 4 nitrogen and oxygen atoms in total. The zero-order valence-corrected chi connectivity index (χ0v) is 14.4. The standard InChI is InChI=1S/C16H27ClN4/c1-16(2,3)15-19-13(17)11-14(20-15)18-9-10-21(4)12-7-5-6-8-12/h11-12H,5-10H2,1-4H3,(H,18,19,20). The Hall–Kier alpha value is -0.870. The molecule has 0 radical (unpaired) electrons. The van der Waals surface area contributed by atoms with Gasteiger partial charge in [-0.1, -0.05) is 45.2 Å². The van der Waals surface area contributed by atoms with Crippen molar-refractivity contribution in [3.63, 3.8) is 0 Å². The van der Waals surface area contributed by atoms with Crippen LogP contribution in [-0.4, -0.2) is 41.0 Å². The average molecular weight is 311 g/mol. The van der Waals surface area contributed by atoms with Crippen molar-refractivity contribution in [1.29, 1.82) is 0 Å². The molecule has 0 unspecified atom stereocenters. The van der Waals surface area contributed by atoms with Gasteiger partial charge in [0.15, 0.2) is 0 Å². The van der Waals surface area contributed by atoms with Crippen LogP contribution in [0.1, 0.15) is 52.3 Å². The van der Waals surface area contributed by atoms with Crippen LogP contribution in [0.5, 0.6) is 0 Å². The second-order valence-electron chi connectivity index (χ2n) is 7.00. The average Bonchev–Trinajstić information content (AvgIpc) is 2.90. The van der Waals surface area contributed by atoms with Crippen molar-refractivity contribution in [2.24, 2.45) is 0 Å². The molecule has 0 aliphatic heterocycles. The van der Waals surface area contributed by atoms with Gasteiger partial charge in [-0.2, -0.15) is 0 Å². The summed E-state index contributed by atoms with van der Waals surface area (Å²) in [6.45, 7) is 8.18. The number of nitrogens with one attached hydrogen (secondary N) is 1. The highest BCUT2D eigenvalue weighted by Gasteiger charge is 2.20. The monoisotopic (exact) mass is 310 g/mol. The van der Waals surface area contributed by atoms with E-state index >= 15 is 0 Å². The molecule has 0 saturated heterocycles. The van der Waals surface area contributed by atoms with E-state index in [9.17, 15) is 0 Å². The Kier molecular flexibility index (Phi) is 5.44. The summed E-state index contributed by atoms with van der Waals surface area (Å²) in [5, 5.41) is 3.88. The quantitative estimate of drug-likeness (QED) is 0.842. The SMILES string of the molecule is CN(CCNc1cc(Cl)nc(C(C)(C)C)n1)C1CCCC1. The molecule has 1 aromatic rings. The van der Waals surface area contributed by atoms with Crippen molar-refractivity contribution in [1.82, 2.24) is 14.9 Å². The minimum absolute atomic E-state index is 0.0953. The number of nitrogens with zero attached hydrogens (tertiary/aromatic N) is 3. The summed E-state index contributed by atoms with van der Waals surface area (Å²) in [4.78, 5) is 11.3. The Morgan fingerprint density at radius 3 is 2.57 bits per heavy atom. The van der Waals surface area contributed by atoms with Crippen LogP contribution in [0.15, 0.2) is 6.07 Å². The van der Waals surface area contributed by atoms with Crippen molar-refractivity contribution in [3.05, 3.63) is 17.0 Å². The molecule has 1 heterocycles. The van der Waals surface area contributed by atoms with E-state index in [0.29, 0.717) is 5.15 Å². The molecule has 1 aliphatic carbocycles. The fraction of sp³-hybridized carbons (Fsp3) is 0.750. The van der Waals surface area contributed by atoms with Crippen LogP contribution in [0.3, 0.4) is 0 Å². The first-order chi connectivity index (χ1) is 9.86. The molecule has 5 heteroatoms. The van der Waals surface area contributed by atoms with Crippen LogP contribution in [-0.2, 0) is 5.41 Å². The van der Waals surface area contributed by atoms with Gasteiger partial charge in [0, 0.05) is 30.6 Å². The molecule has 118 valence electrons. The number of likely N-dealkylation sites (N-methyl/N-ethyl adjacent to an activating group) is 1. The molecule has 21 heavy (non-hydrogen) atoms. The smallest absolute Gasteiger partial charge is 0.137 e. The van der Waals surface area contributed by atoms with Crippen LogP contribution >= 0.6 is 11.6 Å². The molecule has 1 saturated carbocycles. The topological polar surface area (TPSA) is 41.0 Å². The maximum absolute atomic E-state index is 6.10. The second-order valence-corrected chi connectivity index (χ2v) is 7.38. The maximum Gasteiger partial charge on any atom is 0.137 e. The Morgan fingerprint density at radius 2 is 1.95 bits per heavy atom. The van der Waals surface area contributed by atoms with Crippen LogP contribution in [0.25, 0.3) is 0 Å². The van der Waals surface area contributed by atoms with Crippen LogP contribution in [0, 0.1) is 0 Å². The maximum atomic E-state index is 6.10. The summed E-state index contributed by atoms with van der Waals surface area (Å²) >= 11 is 6.10. The summed E-state index contributed by atoms with van der Waals surface area (Å²) in [5.74, 6) is 1.60. The molecule has 0 bridgehead atoms. The number of halogens is 1. The minimum atomic E-state index is -0.0953. The molecule has 0 amide bonds. The van der Waals surface area contributed by atoms with Gasteiger partial charge in [-0.05, 0) is 19.9 Å². The van der Waals surface area contributed by atoms with E-state index in [2.05, 4.69) is 48.0 Å². The zero-order valence-electron chi connectivity index (χ0n) is 13.6. The molecular formula is C16H27ClN4. The third-order valence-corrected chi connectivity index (χ3v) is 4.28. The van der Waals surface area contributed by atoms with E-state index in [1.807, 2.05) is 0 Å².